The summed E-state index contributed by atoms with van der Waals surface area (Å²) in [5, 5.41) is 4.83. The number of aromatic nitrogens is 3. The summed E-state index contributed by atoms with van der Waals surface area (Å²) in [6.45, 7) is 3.29. The van der Waals surface area contributed by atoms with Gasteiger partial charge in [-0.05, 0) is 37.3 Å². The zero-order chi connectivity index (χ0) is 22.3. The molecule has 2 heterocycles. The van der Waals surface area contributed by atoms with Crippen molar-refractivity contribution in [3.05, 3.63) is 60.9 Å². The Bertz CT molecular complexity index is 1180. The van der Waals surface area contributed by atoms with Crippen LogP contribution >= 0.6 is 11.3 Å². The highest BCUT2D eigenvalue weighted by Crippen LogP contribution is 2.34. The first kappa shape index (κ1) is 21.6. The molecule has 1 amide bonds. The minimum absolute atomic E-state index is 0.124. The fourth-order valence-corrected chi connectivity index (χ4v) is 4.20. The van der Waals surface area contributed by atoms with Crippen LogP contribution < -0.4 is 19.1 Å². The average molecular weight is 453 g/mol. The molecular weight excluding hydrogens is 428 g/mol. The van der Waals surface area contributed by atoms with Crippen molar-refractivity contribution in [2.45, 2.75) is 13.5 Å². The first-order valence-electron chi connectivity index (χ1n) is 10.2. The number of carbonyl (C=O) groups is 1. The monoisotopic (exact) mass is 452 g/mol. The van der Waals surface area contributed by atoms with Gasteiger partial charge in [0.25, 0.3) is 5.91 Å². The molecule has 0 aliphatic carbocycles. The Labute approximate surface area is 190 Å². The fourth-order valence-electron chi connectivity index (χ4n) is 3.18. The molecule has 0 aliphatic rings. The molecule has 0 aliphatic heterocycles. The van der Waals surface area contributed by atoms with E-state index in [2.05, 4.69) is 5.10 Å². The summed E-state index contributed by atoms with van der Waals surface area (Å²) < 4.78 is 19.4. The van der Waals surface area contributed by atoms with Gasteiger partial charge >= 0.3 is 0 Å². The van der Waals surface area contributed by atoms with E-state index in [9.17, 15) is 4.79 Å². The molecule has 4 rings (SSSR count). The number of amides is 1. The number of carbonyl (C=O) groups excluding carboxylic acids is 1. The standard InChI is InChI=1S/C23H24N4O4S/c1-3-30-19-9-5-10-20-22(19)25-23(32-20)27(14-13-26-12-6-11-24-26)21(28)16-31-18-8-4-7-17(15-18)29-2/h4-12,15H,3,13-14,16H2,1-2H3. The lowest BCUT2D eigenvalue weighted by atomic mass is 10.3. The number of ether oxygens (including phenoxy) is 3. The van der Waals surface area contributed by atoms with Crippen molar-refractivity contribution in [2.75, 3.05) is 31.8 Å². The molecule has 0 bridgehead atoms. The van der Waals surface area contributed by atoms with Gasteiger partial charge in [0.05, 0.1) is 25.0 Å². The quantitative estimate of drug-likeness (QED) is 0.362. The van der Waals surface area contributed by atoms with E-state index in [1.54, 1.807) is 35.0 Å². The smallest absolute Gasteiger partial charge is 0.266 e. The van der Waals surface area contributed by atoms with E-state index in [1.165, 1.54) is 11.3 Å². The topological polar surface area (TPSA) is 78.7 Å². The normalized spacial score (nSPS) is 10.8. The second-order valence-corrected chi connectivity index (χ2v) is 7.82. The molecule has 9 heteroatoms. The number of fused-ring (bicyclic) bond motifs is 1. The van der Waals surface area contributed by atoms with E-state index < -0.39 is 0 Å². The highest BCUT2D eigenvalue weighted by atomic mass is 32.1. The third kappa shape index (κ3) is 5.00. The van der Waals surface area contributed by atoms with Gasteiger partial charge in [-0.1, -0.05) is 23.5 Å². The van der Waals surface area contributed by atoms with Crippen LogP contribution in [-0.4, -0.2) is 47.5 Å². The molecule has 0 atom stereocenters. The predicted molar refractivity (Wildman–Crippen MR) is 124 cm³/mol. The molecule has 2 aromatic heterocycles. The number of hydrogen-bond acceptors (Lipinski definition) is 7. The third-order valence-corrected chi connectivity index (χ3v) is 5.76. The molecule has 8 nitrogen and oxygen atoms in total. The van der Waals surface area contributed by atoms with Crippen LogP contribution in [0.5, 0.6) is 17.2 Å². The van der Waals surface area contributed by atoms with Crippen molar-refractivity contribution < 1.29 is 19.0 Å². The number of rotatable bonds is 10. The maximum Gasteiger partial charge on any atom is 0.266 e. The van der Waals surface area contributed by atoms with Gasteiger partial charge in [0.2, 0.25) is 0 Å². The Morgan fingerprint density at radius 3 is 2.75 bits per heavy atom. The molecule has 0 saturated carbocycles. The van der Waals surface area contributed by atoms with Crippen LogP contribution in [0, 0.1) is 0 Å². The van der Waals surface area contributed by atoms with Crippen LogP contribution in [0.2, 0.25) is 0 Å². The van der Waals surface area contributed by atoms with Crippen molar-refractivity contribution in [3.8, 4) is 17.2 Å². The highest BCUT2D eigenvalue weighted by molar-refractivity contribution is 7.22. The van der Waals surface area contributed by atoms with E-state index in [4.69, 9.17) is 19.2 Å². The highest BCUT2D eigenvalue weighted by Gasteiger charge is 2.21. The maximum atomic E-state index is 13.2. The van der Waals surface area contributed by atoms with Gasteiger partial charge in [0, 0.05) is 25.0 Å². The second kappa shape index (κ2) is 10.1. The summed E-state index contributed by atoms with van der Waals surface area (Å²) in [5.74, 6) is 1.74. The second-order valence-electron chi connectivity index (χ2n) is 6.81. The molecule has 2 aromatic carbocycles. The average Bonchev–Trinajstić information content (AvgIpc) is 3.49. The largest absolute Gasteiger partial charge is 0.497 e. The number of para-hydroxylation sites is 1. The Morgan fingerprint density at radius 2 is 1.97 bits per heavy atom. The Balaban J connectivity index is 1.57. The van der Waals surface area contributed by atoms with E-state index >= 15 is 0 Å². The van der Waals surface area contributed by atoms with E-state index in [-0.39, 0.29) is 12.5 Å². The minimum atomic E-state index is -0.197. The number of hydrogen-bond donors (Lipinski definition) is 0. The summed E-state index contributed by atoms with van der Waals surface area (Å²) in [4.78, 5) is 19.6. The van der Waals surface area contributed by atoms with Gasteiger partial charge in [0.1, 0.15) is 22.8 Å². The SMILES string of the molecule is CCOc1cccc2sc(N(CCn3cccn3)C(=O)COc3cccc(OC)c3)nc12. The van der Waals surface area contributed by atoms with Gasteiger partial charge in [-0.3, -0.25) is 14.4 Å². The fraction of sp³-hybridized carbons (Fsp3) is 0.261. The van der Waals surface area contributed by atoms with Crippen molar-refractivity contribution in [1.82, 2.24) is 14.8 Å². The van der Waals surface area contributed by atoms with Crippen molar-refractivity contribution in [1.29, 1.82) is 0 Å². The molecule has 0 saturated heterocycles. The number of nitrogens with zero attached hydrogens (tertiary/aromatic N) is 4. The zero-order valence-electron chi connectivity index (χ0n) is 17.9. The minimum Gasteiger partial charge on any atom is -0.497 e. The molecule has 0 fully saturated rings. The molecule has 0 N–H and O–H groups in total. The van der Waals surface area contributed by atoms with E-state index in [0.717, 1.165) is 10.2 Å². The summed E-state index contributed by atoms with van der Waals surface area (Å²) in [7, 11) is 1.59. The summed E-state index contributed by atoms with van der Waals surface area (Å²) in [6.07, 6.45) is 3.57. The first-order chi connectivity index (χ1) is 15.7. The van der Waals surface area contributed by atoms with Gasteiger partial charge in [-0.25, -0.2) is 4.98 Å². The summed E-state index contributed by atoms with van der Waals surface area (Å²) in [5.41, 5.74) is 0.750. The Kier molecular flexibility index (Phi) is 6.86. The van der Waals surface area contributed by atoms with Gasteiger partial charge in [-0.2, -0.15) is 5.10 Å². The third-order valence-electron chi connectivity index (χ3n) is 4.72. The zero-order valence-corrected chi connectivity index (χ0v) is 18.7. The predicted octanol–water partition coefficient (Wildman–Crippen LogP) is 4.01. The Morgan fingerprint density at radius 1 is 1.12 bits per heavy atom. The summed E-state index contributed by atoms with van der Waals surface area (Å²) >= 11 is 1.45. The Hall–Kier alpha value is -3.59. The van der Waals surface area contributed by atoms with Crippen LogP contribution in [0.25, 0.3) is 10.2 Å². The van der Waals surface area contributed by atoms with Gasteiger partial charge < -0.3 is 14.2 Å². The lowest BCUT2D eigenvalue weighted by Crippen LogP contribution is -2.37. The first-order valence-corrected chi connectivity index (χ1v) is 11.1. The van der Waals surface area contributed by atoms with Crippen molar-refractivity contribution >= 4 is 32.6 Å². The number of anilines is 1. The number of benzene rings is 2. The van der Waals surface area contributed by atoms with Crippen LogP contribution in [-0.2, 0) is 11.3 Å². The van der Waals surface area contributed by atoms with Crippen molar-refractivity contribution in [3.63, 3.8) is 0 Å². The molecule has 0 unspecified atom stereocenters. The van der Waals surface area contributed by atoms with Gasteiger partial charge in [0.15, 0.2) is 11.7 Å². The van der Waals surface area contributed by atoms with Crippen LogP contribution in [0.4, 0.5) is 5.13 Å². The molecule has 0 spiro atoms. The van der Waals surface area contributed by atoms with Crippen LogP contribution in [0.15, 0.2) is 60.9 Å². The number of thiazole rings is 1. The molecule has 4 aromatic rings. The number of methoxy groups -OCH3 is 1. The lowest BCUT2D eigenvalue weighted by molar-refractivity contribution is -0.120. The maximum absolute atomic E-state index is 13.2. The van der Waals surface area contributed by atoms with Crippen LogP contribution in [0.3, 0.4) is 0 Å². The van der Waals surface area contributed by atoms with Crippen LogP contribution in [0.1, 0.15) is 6.92 Å². The van der Waals surface area contributed by atoms with E-state index in [1.807, 2.05) is 49.5 Å². The molecule has 0 radical (unpaired) electrons. The van der Waals surface area contributed by atoms with Gasteiger partial charge in [-0.15, -0.1) is 0 Å². The lowest BCUT2D eigenvalue weighted by Gasteiger charge is -2.20. The molecular formula is C23H24N4O4S. The van der Waals surface area contributed by atoms with E-state index in [0.29, 0.717) is 42.1 Å². The van der Waals surface area contributed by atoms with Crippen molar-refractivity contribution in [2.24, 2.45) is 0 Å². The molecule has 166 valence electrons. The molecule has 32 heavy (non-hydrogen) atoms. The summed E-state index contributed by atoms with van der Waals surface area (Å²) in [6, 6.07) is 14.8.